The summed E-state index contributed by atoms with van der Waals surface area (Å²) in [5.41, 5.74) is 6.13. The van der Waals surface area contributed by atoms with Crippen LogP contribution >= 0.6 is 22.9 Å². The zero-order valence-corrected chi connectivity index (χ0v) is 23.5. The summed E-state index contributed by atoms with van der Waals surface area (Å²) in [6.45, 7) is 3.84. The number of aryl methyl sites for hydroxylation is 1. The molecule has 1 aliphatic carbocycles. The second-order valence-corrected chi connectivity index (χ2v) is 12.1. The number of anilines is 1. The standard InChI is InChI=1S/C27H27ClN4O4S2/c1-17-5-4-6-21(23(28)10-7-17)22-13-19(9-8-18(22)2)24-16-37-27(30-24)31-25(33)14-29-26(34)20-11-12-32(15-20)38(3,35)36/h6-13,15-16H,4-5,14H2,1-3H3,(H,29,34)(H,30,31,33)/b17-7-,21-6-,23-10+. The molecule has 0 atom stereocenters. The third kappa shape index (κ3) is 6.69. The van der Waals surface area contributed by atoms with Crippen molar-refractivity contribution in [2.24, 2.45) is 0 Å². The largest absolute Gasteiger partial charge is 0.343 e. The summed E-state index contributed by atoms with van der Waals surface area (Å²) in [5, 5.41) is 8.10. The summed E-state index contributed by atoms with van der Waals surface area (Å²) in [4.78, 5) is 29.2. The number of aromatic nitrogens is 2. The Balaban J connectivity index is 1.42. The van der Waals surface area contributed by atoms with Crippen LogP contribution in [0.1, 0.15) is 41.3 Å². The fourth-order valence-corrected chi connectivity index (χ4v) is 5.41. The van der Waals surface area contributed by atoms with Crippen molar-refractivity contribution in [1.29, 1.82) is 0 Å². The Morgan fingerprint density at radius 2 is 1.97 bits per heavy atom. The highest BCUT2D eigenvalue weighted by molar-refractivity contribution is 7.89. The lowest BCUT2D eigenvalue weighted by Gasteiger charge is -2.14. The van der Waals surface area contributed by atoms with Gasteiger partial charge in [0.05, 0.1) is 24.1 Å². The molecule has 1 aromatic carbocycles. The lowest BCUT2D eigenvalue weighted by atomic mass is 9.94. The first-order valence-electron chi connectivity index (χ1n) is 11.8. The van der Waals surface area contributed by atoms with E-state index in [2.05, 4.69) is 40.8 Å². The van der Waals surface area contributed by atoms with Crippen molar-refractivity contribution in [3.05, 3.63) is 87.6 Å². The lowest BCUT2D eigenvalue weighted by molar-refractivity contribution is -0.115. The molecule has 2 aromatic heterocycles. The van der Waals surface area contributed by atoms with Crippen molar-refractivity contribution < 1.29 is 18.0 Å². The smallest absolute Gasteiger partial charge is 0.253 e. The van der Waals surface area contributed by atoms with Crippen LogP contribution in [-0.2, 0) is 14.8 Å². The number of hydrogen-bond acceptors (Lipinski definition) is 6. The number of rotatable bonds is 7. The summed E-state index contributed by atoms with van der Waals surface area (Å²) >= 11 is 7.91. The van der Waals surface area contributed by atoms with Gasteiger partial charge >= 0.3 is 0 Å². The SMILES string of the molecule is C/C1=C/C=C(Cl)\C(c2cc(-c3csc(NC(=O)CNC(=O)c4ccn(S(C)(=O)=O)c4)n3)ccc2C)=C/CC1. The van der Waals surface area contributed by atoms with E-state index < -0.39 is 21.8 Å². The average Bonchev–Trinajstić information content (AvgIpc) is 3.54. The first-order valence-corrected chi connectivity index (χ1v) is 14.9. The zero-order valence-electron chi connectivity index (χ0n) is 21.1. The van der Waals surface area contributed by atoms with Gasteiger partial charge in [0.25, 0.3) is 5.91 Å². The second-order valence-electron chi connectivity index (χ2n) is 8.98. The van der Waals surface area contributed by atoms with Crippen LogP contribution in [0.4, 0.5) is 5.13 Å². The Hall–Kier alpha value is -3.47. The highest BCUT2D eigenvalue weighted by atomic mass is 35.5. The summed E-state index contributed by atoms with van der Waals surface area (Å²) in [5.74, 6) is -1.01. The van der Waals surface area contributed by atoms with Gasteiger partial charge in [-0.25, -0.2) is 13.4 Å². The van der Waals surface area contributed by atoms with E-state index in [0.717, 1.165) is 45.3 Å². The van der Waals surface area contributed by atoms with Gasteiger partial charge in [0.15, 0.2) is 5.13 Å². The Labute approximate surface area is 230 Å². The first-order chi connectivity index (χ1) is 18.0. The van der Waals surface area contributed by atoms with Crippen LogP contribution in [-0.4, -0.2) is 42.0 Å². The van der Waals surface area contributed by atoms with E-state index in [-0.39, 0.29) is 12.1 Å². The van der Waals surface area contributed by atoms with Crippen LogP contribution in [0.3, 0.4) is 0 Å². The van der Waals surface area contributed by atoms with Crippen molar-refractivity contribution >= 4 is 55.5 Å². The Bertz CT molecular complexity index is 1600. The topological polar surface area (TPSA) is 110 Å². The molecular formula is C27H27ClN4O4S2. The van der Waals surface area contributed by atoms with Gasteiger partial charge in [-0.15, -0.1) is 11.3 Å². The summed E-state index contributed by atoms with van der Waals surface area (Å²) in [6.07, 6.45) is 11.5. The van der Waals surface area contributed by atoms with Gasteiger partial charge < -0.3 is 10.6 Å². The maximum Gasteiger partial charge on any atom is 0.253 e. The van der Waals surface area contributed by atoms with Crippen molar-refractivity contribution in [3.63, 3.8) is 0 Å². The number of carbonyl (C=O) groups excluding carboxylic acids is 2. The first kappa shape index (κ1) is 27.6. The molecule has 0 unspecified atom stereocenters. The summed E-state index contributed by atoms with van der Waals surface area (Å²) < 4.78 is 24.1. The number of benzene rings is 1. The highest BCUT2D eigenvalue weighted by Crippen LogP contribution is 2.34. The van der Waals surface area contributed by atoms with Crippen molar-refractivity contribution in [2.75, 3.05) is 18.1 Å². The number of nitrogens with one attached hydrogen (secondary N) is 2. The molecule has 0 fully saturated rings. The molecular weight excluding hydrogens is 544 g/mol. The number of hydrogen-bond donors (Lipinski definition) is 2. The van der Waals surface area contributed by atoms with Crippen LogP contribution in [0.25, 0.3) is 16.8 Å². The van der Waals surface area contributed by atoms with E-state index in [1.807, 2.05) is 30.5 Å². The van der Waals surface area contributed by atoms with E-state index in [1.165, 1.54) is 35.4 Å². The van der Waals surface area contributed by atoms with Crippen LogP contribution in [0.15, 0.2) is 70.9 Å². The molecule has 8 nitrogen and oxygen atoms in total. The maximum absolute atomic E-state index is 12.4. The number of allylic oxidation sites excluding steroid dienone is 6. The third-order valence-electron chi connectivity index (χ3n) is 5.95. The highest BCUT2D eigenvalue weighted by Gasteiger charge is 2.15. The van der Waals surface area contributed by atoms with Crippen LogP contribution in [0.2, 0.25) is 0 Å². The number of thiazole rings is 1. The van der Waals surface area contributed by atoms with Crippen molar-refractivity contribution in [1.82, 2.24) is 14.3 Å². The molecule has 0 spiro atoms. The van der Waals surface area contributed by atoms with Crippen LogP contribution in [0.5, 0.6) is 0 Å². The Kier molecular flexibility index (Phi) is 8.35. The Morgan fingerprint density at radius 1 is 1.18 bits per heavy atom. The predicted octanol–water partition coefficient (Wildman–Crippen LogP) is 5.34. The van der Waals surface area contributed by atoms with Crippen molar-refractivity contribution in [3.8, 4) is 11.3 Å². The van der Waals surface area contributed by atoms with Crippen LogP contribution in [0, 0.1) is 6.92 Å². The molecule has 1 aliphatic rings. The molecule has 198 valence electrons. The molecule has 0 saturated carbocycles. The van der Waals surface area contributed by atoms with Gasteiger partial charge in [-0.2, -0.15) is 0 Å². The predicted molar refractivity (Wildman–Crippen MR) is 153 cm³/mol. The quantitative estimate of drug-likeness (QED) is 0.398. The third-order valence-corrected chi connectivity index (χ3v) is 8.03. The fraction of sp³-hybridized carbons (Fsp3) is 0.222. The fourth-order valence-electron chi connectivity index (χ4n) is 3.85. The van der Waals surface area contributed by atoms with Gasteiger partial charge in [-0.3, -0.25) is 13.6 Å². The molecule has 3 aromatic rings. The molecule has 0 bridgehead atoms. The molecule has 11 heteroatoms. The van der Waals surface area contributed by atoms with Crippen LogP contribution < -0.4 is 10.6 Å². The number of amides is 2. The molecule has 2 N–H and O–H groups in total. The van der Waals surface area contributed by atoms with Gasteiger partial charge in [0, 0.05) is 28.4 Å². The molecule has 0 radical (unpaired) electrons. The maximum atomic E-state index is 12.4. The molecule has 2 heterocycles. The number of halogens is 1. The van der Waals surface area contributed by atoms with E-state index in [4.69, 9.17) is 11.6 Å². The molecule has 2 amide bonds. The van der Waals surface area contributed by atoms with E-state index in [9.17, 15) is 18.0 Å². The van der Waals surface area contributed by atoms with Gasteiger partial charge in [0.1, 0.15) is 0 Å². The van der Waals surface area contributed by atoms with Gasteiger partial charge in [0.2, 0.25) is 15.9 Å². The zero-order chi connectivity index (χ0) is 27.4. The minimum absolute atomic E-state index is 0.135. The van der Waals surface area contributed by atoms with E-state index in [0.29, 0.717) is 15.9 Å². The molecule has 0 aliphatic heterocycles. The molecule has 0 saturated heterocycles. The second kappa shape index (κ2) is 11.5. The minimum Gasteiger partial charge on any atom is -0.343 e. The van der Waals surface area contributed by atoms with E-state index in [1.54, 1.807) is 0 Å². The molecule has 38 heavy (non-hydrogen) atoms. The monoisotopic (exact) mass is 570 g/mol. The average molecular weight is 571 g/mol. The van der Waals surface area contributed by atoms with E-state index >= 15 is 0 Å². The normalized spacial score (nSPS) is 18.2. The molecule has 4 rings (SSSR count). The summed E-state index contributed by atoms with van der Waals surface area (Å²) in [7, 11) is -3.49. The van der Waals surface area contributed by atoms with Gasteiger partial charge in [-0.05, 0) is 61.6 Å². The van der Waals surface area contributed by atoms with Gasteiger partial charge in [-0.1, -0.05) is 41.5 Å². The number of carbonyl (C=O) groups is 2. The lowest BCUT2D eigenvalue weighted by Crippen LogP contribution is -2.32. The number of nitrogens with zero attached hydrogens (tertiary/aromatic N) is 2. The Morgan fingerprint density at radius 3 is 2.71 bits per heavy atom. The minimum atomic E-state index is -3.49. The summed E-state index contributed by atoms with van der Waals surface area (Å²) in [6, 6.07) is 7.43. The van der Waals surface area contributed by atoms with Crippen molar-refractivity contribution in [2.45, 2.75) is 26.7 Å².